The third-order valence-corrected chi connectivity index (χ3v) is 8.21. The summed E-state index contributed by atoms with van der Waals surface area (Å²) in [4.78, 5) is 29.1. The molecule has 12 heteroatoms. The van der Waals surface area contributed by atoms with E-state index in [4.69, 9.17) is 33.2 Å². The highest BCUT2D eigenvalue weighted by Gasteiger charge is 2.29. The molecule has 1 saturated heterocycles. The van der Waals surface area contributed by atoms with Crippen molar-refractivity contribution in [1.82, 2.24) is 15.1 Å². The number of fused-ring (bicyclic) bond motifs is 5. The normalized spacial score (nSPS) is 21.4. The summed E-state index contributed by atoms with van der Waals surface area (Å²) in [5, 5.41) is 3.03. The van der Waals surface area contributed by atoms with Crippen molar-refractivity contribution in [3.63, 3.8) is 0 Å². The number of carbonyl (C=O) groups excluding carboxylic acids is 2. The first-order valence-electron chi connectivity index (χ1n) is 15.5. The van der Waals surface area contributed by atoms with E-state index < -0.39 is 0 Å². The van der Waals surface area contributed by atoms with Gasteiger partial charge in [0.2, 0.25) is 11.5 Å². The van der Waals surface area contributed by atoms with Gasteiger partial charge in [0.25, 0.3) is 5.91 Å². The van der Waals surface area contributed by atoms with E-state index in [1.807, 2.05) is 0 Å². The Labute approximate surface area is 265 Å². The van der Waals surface area contributed by atoms with Crippen LogP contribution < -0.4 is 33.7 Å². The van der Waals surface area contributed by atoms with Crippen LogP contribution in [0.2, 0.25) is 0 Å². The molecule has 0 aromatic heterocycles. The molecule has 45 heavy (non-hydrogen) atoms. The monoisotopic (exact) mass is 630 g/mol. The molecule has 0 spiro atoms. The molecule has 4 rings (SSSR count). The maximum atomic E-state index is 13.0. The van der Waals surface area contributed by atoms with Crippen molar-refractivity contribution in [2.45, 2.75) is 38.2 Å². The van der Waals surface area contributed by atoms with Crippen LogP contribution in [0.4, 0.5) is 0 Å². The number of rotatable bonds is 7. The molecule has 2 aromatic rings. The number of esters is 1. The lowest BCUT2D eigenvalue weighted by molar-refractivity contribution is 0.0950. The summed E-state index contributed by atoms with van der Waals surface area (Å²) in [5.41, 5.74) is 0.866. The van der Waals surface area contributed by atoms with Gasteiger partial charge in [-0.05, 0) is 51.0 Å². The van der Waals surface area contributed by atoms with E-state index in [0.717, 1.165) is 58.5 Å². The largest absolute Gasteiger partial charge is 0.518 e. The fourth-order valence-corrected chi connectivity index (χ4v) is 5.76. The Morgan fingerprint density at radius 3 is 2.02 bits per heavy atom. The SMILES string of the molecule is COc1cc(C(=[OH+])OC2CCCOc3cc(cc(OC)c3OC)C(=O)NCCCN3CCCN(CC2)CC3)cc(OC)c1OC. The van der Waals surface area contributed by atoms with E-state index in [-0.39, 0.29) is 18.0 Å². The van der Waals surface area contributed by atoms with Gasteiger partial charge >= 0.3 is 5.97 Å². The minimum absolute atomic E-state index is 0.188. The second-order valence-electron chi connectivity index (χ2n) is 11.1. The zero-order valence-corrected chi connectivity index (χ0v) is 27.2. The third-order valence-electron chi connectivity index (χ3n) is 8.21. The Morgan fingerprint density at radius 1 is 0.756 bits per heavy atom. The van der Waals surface area contributed by atoms with Crippen LogP contribution in [-0.2, 0) is 4.74 Å². The molecule has 1 amide bonds. The maximum absolute atomic E-state index is 13.0. The highest BCUT2D eigenvalue weighted by molar-refractivity contribution is 5.95. The standard InChI is InChI=1S/C33H47N3O9/c1-39-26-19-23-20-29(31(26)43-5)44-18-6-9-25(45-33(38)24-21-27(40-2)30(42-4)28(22-24)41-3)10-15-36-14-8-13-35(16-17-36)12-7-11-34-32(23)37/h19-22,25H,6-18H2,1-5H3,(H,34,37)/p+1. The van der Waals surface area contributed by atoms with Crippen molar-refractivity contribution >= 4 is 11.9 Å². The van der Waals surface area contributed by atoms with E-state index in [2.05, 4.69) is 15.1 Å². The number of carbonyl (C=O) groups is 1. The molecule has 248 valence electrons. The summed E-state index contributed by atoms with van der Waals surface area (Å²) in [7, 11) is 7.66. The van der Waals surface area contributed by atoms with Gasteiger partial charge in [-0.3, -0.25) is 4.79 Å². The van der Waals surface area contributed by atoms with Gasteiger partial charge in [-0.15, -0.1) is 0 Å². The van der Waals surface area contributed by atoms with Crippen molar-refractivity contribution in [3.8, 4) is 34.5 Å². The second-order valence-corrected chi connectivity index (χ2v) is 11.1. The van der Waals surface area contributed by atoms with Crippen molar-refractivity contribution in [2.24, 2.45) is 0 Å². The predicted octanol–water partition coefficient (Wildman–Crippen LogP) is 3.36. The highest BCUT2D eigenvalue weighted by atomic mass is 16.6. The zero-order valence-electron chi connectivity index (χ0n) is 27.2. The first-order chi connectivity index (χ1) is 21.9. The topological polar surface area (TPSA) is 122 Å². The number of methoxy groups -OCH3 is 5. The molecular formula is C33H48N3O9+. The van der Waals surface area contributed by atoms with Gasteiger partial charge in [0.1, 0.15) is 5.56 Å². The van der Waals surface area contributed by atoms with Crippen LogP contribution in [-0.4, -0.2) is 121 Å². The number of ether oxygens (including phenoxy) is 7. The van der Waals surface area contributed by atoms with Gasteiger partial charge in [0, 0.05) is 56.7 Å². The first kappa shape index (κ1) is 34.0. The smallest absolute Gasteiger partial charge is 0.493 e. The van der Waals surface area contributed by atoms with E-state index in [0.29, 0.717) is 71.6 Å². The van der Waals surface area contributed by atoms with E-state index >= 15 is 0 Å². The Kier molecular flexibility index (Phi) is 12.8. The van der Waals surface area contributed by atoms with Crippen LogP contribution in [0.15, 0.2) is 24.3 Å². The quantitative estimate of drug-likeness (QED) is 0.360. The number of hydrogen-bond donors (Lipinski definition) is 1. The average Bonchev–Trinajstić information content (AvgIpc) is 3.30. The summed E-state index contributed by atoms with van der Waals surface area (Å²) < 4.78 is 39.8. The molecule has 2 aliphatic rings. The van der Waals surface area contributed by atoms with Gasteiger partial charge in [0.15, 0.2) is 29.1 Å². The van der Waals surface area contributed by atoms with Crippen molar-refractivity contribution in [2.75, 3.05) is 88.0 Å². The number of hydrogen-bond acceptors (Lipinski definition) is 10. The average molecular weight is 631 g/mol. The maximum Gasteiger partial charge on any atom is 0.518 e. The molecule has 2 aliphatic heterocycles. The fourth-order valence-electron chi connectivity index (χ4n) is 5.76. The highest BCUT2D eigenvalue weighted by Crippen LogP contribution is 2.39. The van der Waals surface area contributed by atoms with Crippen LogP contribution >= 0.6 is 0 Å². The van der Waals surface area contributed by atoms with Gasteiger partial charge in [-0.1, -0.05) is 0 Å². The van der Waals surface area contributed by atoms with Gasteiger partial charge in [-0.2, -0.15) is 0 Å². The minimum Gasteiger partial charge on any atom is -0.493 e. The van der Waals surface area contributed by atoms with Gasteiger partial charge < -0.3 is 53.1 Å². The van der Waals surface area contributed by atoms with Crippen LogP contribution in [0.25, 0.3) is 0 Å². The van der Waals surface area contributed by atoms with Crippen molar-refractivity contribution in [3.05, 3.63) is 35.4 Å². The second kappa shape index (κ2) is 17.0. The summed E-state index contributed by atoms with van der Waals surface area (Å²) in [6.45, 7) is 6.62. The van der Waals surface area contributed by atoms with Crippen LogP contribution in [0.1, 0.15) is 48.0 Å². The minimum atomic E-state index is -0.289. The molecule has 2 aromatic carbocycles. The number of nitrogens with zero attached hydrogens (tertiary/aromatic N) is 2. The predicted molar refractivity (Wildman–Crippen MR) is 170 cm³/mol. The van der Waals surface area contributed by atoms with E-state index in [1.54, 1.807) is 31.4 Å². The molecule has 4 bridgehead atoms. The van der Waals surface area contributed by atoms with Crippen LogP contribution in [0.5, 0.6) is 34.5 Å². The Morgan fingerprint density at radius 2 is 1.38 bits per heavy atom. The molecule has 12 nitrogen and oxygen atoms in total. The molecule has 2 N–H and O–H groups in total. The molecule has 3 unspecified atom stereocenters. The van der Waals surface area contributed by atoms with Crippen LogP contribution in [0.3, 0.4) is 0 Å². The van der Waals surface area contributed by atoms with Gasteiger partial charge in [0.05, 0.1) is 42.2 Å². The number of nitrogens with one attached hydrogen (secondary N) is 1. The van der Waals surface area contributed by atoms with Crippen molar-refractivity contribution in [1.29, 1.82) is 0 Å². The first-order valence-corrected chi connectivity index (χ1v) is 15.5. The molecule has 0 radical (unpaired) electrons. The molecular weight excluding hydrogens is 582 g/mol. The van der Waals surface area contributed by atoms with E-state index in [9.17, 15) is 9.59 Å². The summed E-state index contributed by atoms with van der Waals surface area (Å²) >= 11 is 0. The lowest BCUT2D eigenvalue weighted by Crippen LogP contribution is -2.34. The molecule has 2 heterocycles. The molecule has 0 aliphatic carbocycles. The Balaban J connectivity index is 1.55. The van der Waals surface area contributed by atoms with Crippen molar-refractivity contribution < 1.29 is 42.7 Å². The Bertz CT molecular complexity index is 1260. The summed E-state index contributed by atoms with van der Waals surface area (Å²) in [6.07, 6.45) is 3.61. The Hall–Kier alpha value is -3.90. The number of amides is 1. The summed E-state index contributed by atoms with van der Waals surface area (Å²) in [6, 6.07) is 6.68. The molecule has 3 atom stereocenters. The van der Waals surface area contributed by atoms with E-state index in [1.165, 1.54) is 28.4 Å². The fraction of sp³-hybridized carbons (Fsp3) is 0.576. The molecule has 1 fully saturated rings. The number of benzene rings is 2. The van der Waals surface area contributed by atoms with Gasteiger partial charge in [-0.25, -0.2) is 0 Å². The molecule has 0 saturated carbocycles. The lowest BCUT2D eigenvalue weighted by atomic mass is 10.1. The zero-order chi connectivity index (χ0) is 32.2. The van der Waals surface area contributed by atoms with Crippen LogP contribution in [0, 0.1) is 0 Å². The third kappa shape index (κ3) is 9.07. The summed E-state index contributed by atoms with van der Waals surface area (Å²) in [5.74, 6) is 2.15. The lowest BCUT2D eigenvalue weighted by Gasteiger charge is -2.22.